The average Bonchev–Trinajstić information content (AvgIpc) is 2.25. The number of hydrogen-bond donors (Lipinski definition) is 1. The largest absolute Gasteiger partial charge is 0.481 e. The third-order valence-electron chi connectivity index (χ3n) is 2.96. The van der Waals surface area contributed by atoms with Crippen LogP contribution in [0.2, 0.25) is 0 Å². The molecule has 0 saturated carbocycles. The van der Waals surface area contributed by atoms with E-state index in [0.717, 1.165) is 32.3 Å². The highest BCUT2D eigenvalue weighted by Gasteiger charge is 2.28. The SMILES string of the molecule is CC=CCCC(C(=O)O)C1CCCOC1. The van der Waals surface area contributed by atoms with Crippen LogP contribution in [0.1, 0.15) is 32.6 Å². The molecule has 0 aliphatic carbocycles. The Morgan fingerprint density at radius 2 is 2.47 bits per heavy atom. The molecule has 0 spiro atoms. The Bertz CT molecular complexity index is 217. The van der Waals surface area contributed by atoms with Gasteiger partial charge in [-0.25, -0.2) is 0 Å². The second kappa shape index (κ2) is 6.62. The minimum absolute atomic E-state index is 0.210. The maximum absolute atomic E-state index is 11.1. The van der Waals surface area contributed by atoms with Gasteiger partial charge >= 0.3 is 5.97 Å². The van der Waals surface area contributed by atoms with E-state index in [2.05, 4.69) is 0 Å². The van der Waals surface area contributed by atoms with Crippen molar-refractivity contribution in [1.82, 2.24) is 0 Å². The molecule has 0 radical (unpaired) electrons. The van der Waals surface area contributed by atoms with Crippen molar-refractivity contribution in [3.8, 4) is 0 Å². The molecule has 1 saturated heterocycles. The van der Waals surface area contributed by atoms with Crippen molar-refractivity contribution in [3.63, 3.8) is 0 Å². The molecule has 0 amide bonds. The van der Waals surface area contributed by atoms with Crippen LogP contribution in [-0.2, 0) is 9.53 Å². The molecule has 0 aromatic carbocycles. The predicted octanol–water partition coefficient (Wildman–Crippen LogP) is 2.47. The first-order chi connectivity index (χ1) is 7.25. The van der Waals surface area contributed by atoms with Crippen molar-refractivity contribution in [1.29, 1.82) is 0 Å². The topological polar surface area (TPSA) is 46.5 Å². The summed E-state index contributed by atoms with van der Waals surface area (Å²) in [4.78, 5) is 11.1. The minimum atomic E-state index is -0.671. The first-order valence-corrected chi connectivity index (χ1v) is 5.67. The lowest BCUT2D eigenvalue weighted by Gasteiger charge is -2.27. The number of rotatable bonds is 5. The highest BCUT2D eigenvalue weighted by molar-refractivity contribution is 5.70. The van der Waals surface area contributed by atoms with E-state index in [1.54, 1.807) is 0 Å². The second-order valence-electron chi connectivity index (χ2n) is 4.07. The van der Waals surface area contributed by atoms with Crippen LogP contribution in [0.25, 0.3) is 0 Å². The fourth-order valence-corrected chi connectivity index (χ4v) is 2.09. The quantitative estimate of drug-likeness (QED) is 0.712. The number of carbonyl (C=O) groups is 1. The van der Waals surface area contributed by atoms with Crippen LogP contribution in [-0.4, -0.2) is 24.3 Å². The maximum atomic E-state index is 11.1. The van der Waals surface area contributed by atoms with Gasteiger partial charge in [0.15, 0.2) is 0 Å². The molecular formula is C12H20O3. The van der Waals surface area contributed by atoms with E-state index in [-0.39, 0.29) is 11.8 Å². The Morgan fingerprint density at radius 1 is 1.67 bits per heavy atom. The number of ether oxygens (including phenoxy) is 1. The van der Waals surface area contributed by atoms with E-state index in [9.17, 15) is 4.79 Å². The van der Waals surface area contributed by atoms with Crippen LogP contribution < -0.4 is 0 Å². The summed E-state index contributed by atoms with van der Waals surface area (Å²) in [6.45, 7) is 3.37. The van der Waals surface area contributed by atoms with Gasteiger partial charge in [0.2, 0.25) is 0 Å². The van der Waals surface area contributed by atoms with Crippen molar-refractivity contribution >= 4 is 5.97 Å². The standard InChI is InChI=1S/C12H20O3/c1-2-3-4-7-11(12(13)14)10-6-5-8-15-9-10/h2-3,10-11H,4-9H2,1H3,(H,13,14). The molecule has 86 valence electrons. The van der Waals surface area contributed by atoms with Gasteiger partial charge in [-0.1, -0.05) is 12.2 Å². The summed E-state index contributed by atoms with van der Waals surface area (Å²) >= 11 is 0. The highest BCUT2D eigenvalue weighted by Crippen LogP contribution is 2.26. The van der Waals surface area contributed by atoms with Crippen LogP contribution in [0.5, 0.6) is 0 Å². The number of carboxylic acids is 1. The van der Waals surface area contributed by atoms with Crippen LogP contribution >= 0.6 is 0 Å². The van der Waals surface area contributed by atoms with Gasteiger partial charge in [-0.3, -0.25) is 4.79 Å². The predicted molar refractivity (Wildman–Crippen MR) is 58.7 cm³/mol. The van der Waals surface area contributed by atoms with Gasteiger partial charge in [-0.2, -0.15) is 0 Å². The van der Waals surface area contributed by atoms with Crippen molar-refractivity contribution in [3.05, 3.63) is 12.2 Å². The molecule has 1 fully saturated rings. The molecule has 15 heavy (non-hydrogen) atoms. The first-order valence-electron chi connectivity index (χ1n) is 5.67. The summed E-state index contributed by atoms with van der Waals surface area (Å²) in [7, 11) is 0. The van der Waals surface area contributed by atoms with Crippen molar-refractivity contribution < 1.29 is 14.6 Å². The molecule has 1 aliphatic rings. The summed E-state index contributed by atoms with van der Waals surface area (Å²) < 4.78 is 5.34. The summed E-state index contributed by atoms with van der Waals surface area (Å²) in [6.07, 6.45) is 7.57. The molecule has 3 nitrogen and oxygen atoms in total. The van der Waals surface area contributed by atoms with Gasteiger partial charge in [0.05, 0.1) is 12.5 Å². The van der Waals surface area contributed by atoms with E-state index in [1.807, 2.05) is 19.1 Å². The maximum Gasteiger partial charge on any atom is 0.306 e. The van der Waals surface area contributed by atoms with Gasteiger partial charge in [-0.05, 0) is 38.5 Å². The van der Waals surface area contributed by atoms with E-state index >= 15 is 0 Å². The van der Waals surface area contributed by atoms with Crippen molar-refractivity contribution in [2.24, 2.45) is 11.8 Å². The Morgan fingerprint density at radius 3 is 3.00 bits per heavy atom. The van der Waals surface area contributed by atoms with Crippen molar-refractivity contribution in [2.75, 3.05) is 13.2 Å². The average molecular weight is 212 g/mol. The molecule has 0 aromatic rings. The van der Waals surface area contributed by atoms with Crippen molar-refractivity contribution in [2.45, 2.75) is 32.6 Å². The third-order valence-corrected chi connectivity index (χ3v) is 2.96. The van der Waals surface area contributed by atoms with E-state index in [4.69, 9.17) is 9.84 Å². The number of aliphatic carboxylic acids is 1. The number of hydrogen-bond acceptors (Lipinski definition) is 2. The summed E-state index contributed by atoms with van der Waals surface area (Å²) in [6, 6.07) is 0. The zero-order valence-electron chi connectivity index (χ0n) is 9.32. The zero-order chi connectivity index (χ0) is 11.1. The van der Waals surface area contributed by atoms with Crippen LogP contribution in [0.4, 0.5) is 0 Å². The Balaban J connectivity index is 2.44. The molecule has 3 heteroatoms. The Kier molecular flexibility index (Phi) is 5.40. The number of carboxylic acid groups (broad SMARTS) is 1. The smallest absolute Gasteiger partial charge is 0.306 e. The normalized spacial score (nSPS) is 24.2. The van der Waals surface area contributed by atoms with E-state index < -0.39 is 5.97 Å². The fourth-order valence-electron chi connectivity index (χ4n) is 2.09. The summed E-state index contributed by atoms with van der Waals surface area (Å²) in [5.41, 5.74) is 0. The molecule has 0 aromatic heterocycles. The van der Waals surface area contributed by atoms with Gasteiger partial charge in [0.1, 0.15) is 0 Å². The summed E-state index contributed by atoms with van der Waals surface area (Å²) in [5, 5.41) is 9.15. The molecule has 2 unspecified atom stereocenters. The lowest BCUT2D eigenvalue weighted by atomic mass is 9.84. The van der Waals surface area contributed by atoms with Crippen LogP contribution in [0.15, 0.2) is 12.2 Å². The number of allylic oxidation sites excluding steroid dienone is 2. The Hall–Kier alpha value is -0.830. The molecule has 1 aliphatic heterocycles. The first kappa shape index (κ1) is 12.2. The van der Waals surface area contributed by atoms with Gasteiger partial charge in [0.25, 0.3) is 0 Å². The molecule has 2 atom stereocenters. The zero-order valence-corrected chi connectivity index (χ0v) is 9.32. The lowest BCUT2D eigenvalue weighted by molar-refractivity contribution is -0.146. The third kappa shape index (κ3) is 4.04. The molecule has 1 rings (SSSR count). The second-order valence-corrected chi connectivity index (χ2v) is 4.07. The summed E-state index contributed by atoms with van der Waals surface area (Å²) in [5.74, 6) is -0.696. The van der Waals surface area contributed by atoms with Crippen LogP contribution in [0.3, 0.4) is 0 Å². The molecule has 1 heterocycles. The monoisotopic (exact) mass is 212 g/mol. The van der Waals surface area contributed by atoms with Gasteiger partial charge in [-0.15, -0.1) is 0 Å². The molecule has 1 N–H and O–H groups in total. The highest BCUT2D eigenvalue weighted by atomic mass is 16.5. The van der Waals surface area contributed by atoms with Gasteiger partial charge < -0.3 is 9.84 Å². The van der Waals surface area contributed by atoms with Crippen LogP contribution in [0, 0.1) is 11.8 Å². The van der Waals surface area contributed by atoms with Gasteiger partial charge in [0, 0.05) is 6.61 Å². The molecule has 0 bridgehead atoms. The Labute approximate surface area is 91.1 Å². The fraction of sp³-hybridized carbons (Fsp3) is 0.750. The molecular weight excluding hydrogens is 192 g/mol. The van der Waals surface area contributed by atoms with E-state index in [1.165, 1.54) is 0 Å². The van der Waals surface area contributed by atoms with E-state index in [0.29, 0.717) is 6.61 Å². The lowest BCUT2D eigenvalue weighted by Crippen LogP contribution is -2.30. The minimum Gasteiger partial charge on any atom is -0.481 e.